The van der Waals surface area contributed by atoms with E-state index in [9.17, 15) is 0 Å². The van der Waals surface area contributed by atoms with Gasteiger partial charge in [-0.25, -0.2) is 0 Å². The van der Waals surface area contributed by atoms with E-state index in [2.05, 4.69) is 47.7 Å². The molecule has 3 nitrogen and oxygen atoms in total. The maximum Gasteiger partial charge on any atom is 0.0839 e. The second-order valence-corrected chi connectivity index (χ2v) is 4.57. The van der Waals surface area contributed by atoms with E-state index in [0.717, 1.165) is 12.2 Å². The second kappa shape index (κ2) is 6.36. The van der Waals surface area contributed by atoms with Gasteiger partial charge in [0.1, 0.15) is 0 Å². The van der Waals surface area contributed by atoms with Crippen molar-refractivity contribution in [1.82, 2.24) is 15.1 Å². The molecule has 2 aromatic rings. The summed E-state index contributed by atoms with van der Waals surface area (Å²) in [5, 5.41) is 8.11. The van der Waals surface area contributed by atoms with E-state index in [1.54, 1.807) is 0 Å². The summed E-state index contributed by atoms with van der Waals surface area (Å²) in [7, 11) is 1.96. The minimum Gasteiger partial charge on any atom is -0.305 e. The van der Waals surface area contributed by atoms with Crippen molar-refractivity contribution >= 4 is 0 Å². The topological polar surface area (TPSA) is 29.9 Å². The fourth-order valence-electron chi connectivity index (χ4n) is 2.05. The molecule has 3 heteroatoms. The van der Waals surface area contributed by atoms with Gasteiger partial charge in [-0.15, -0.1) is 0 Å². The summed E-state index contributed by atoms with van der Waals surface area (Å²) in [5.41, 5.74) is 2.35. The molecule has 0 radical (unpaired) electrons. The van der Waals surface area contributed by atoms with Gasteiger partial charge in [0, 0.05) is 13.2 Å². The van der Waals surface area contributed by atoms with Crippen LogP contribution in [-0.4, -0.2) is 16.3 Å². The van der Waals surface area contributed by atoms with Crippen molar-refractivity contribution < 1.29 is 0 Å². The Kier molecular flexibility index (Phi) is 4.53. The molecule has 0 aliphatic rings. The van der Waals surface area contributed by atoms with Crippen LogP contribution in [0.5, 0.6) is 0 Å². The van der Waals surface area contributed by atoms with E-state index >= 15 is 0 Å². The Bertz CT molecular complexity index is 462. The van der Waals surface area contributed by atoms with Gasteiger partial charge in [0.05, 0.1) is 11.7 Å². The van der Waals surface area contributed by atoms with Gasteiger partial charge in [-0.1, -0.05) is 43.7 Å². The quantitative estimate of drug-likeness (QED) is 0.791. The van der Waals surface area contributed by atoms with Crippen LogP contribution in [0.3, 0.4) is 0 Å². The van der Waals surface area contributed by atoms with Crippen molar-refractivity contribution in [2.75, 3.05) is 6.54 Å². The normalized spacial score (nSPS) is 12.6. The van der Waals surface area contributed by atoms with Crippen LogP contribution in [0.4, 0.5) is 0 Å². The highest BCUT2D eigenvalue weighted by molar-refractivity contribution is 5.26. The highest BCUT2D eigenvalue weighted by atomic mass is 15.3. The van der Waals surface area contributed by atoms with Crippen LogP contribution in [0.25, 0.3) is 0 Å². The van der Waals surface area contributed by atoms with Gasteiger partial charge in [-0.2, -0.15) is 5.10 Å². The van der Waals surface area contributed by atoms with E-state index in [0.29, 0.717) is 0 Å². The first-order chi connectivity index (χ1) is 8.81. The van der Waals surface area contributed by atoms with Gasteiger partial charge in [0.15, 0.2) is 0 Å². The first-order valence-electron chi connectivity index (χ1n) is 6.59. The Morgan fingerprint density at radius 3 is 2.61 bits per heavy atom. The first-order valence-corrected chi connectivity index (χ1v) is 6.59. The van der Waals surface area contributed by atoms with Crippen LogP contribution < -0.4 is 5.32 Å². The molecule has 96 valence electrons. The number of hydrogen-bond acceptors (Lipinski definition) is 2. The lowest BCUT2D eigenvalue weighted by Crippen LogP contribution is -2.24. The molecule has 18 heavy (non-hydrogen) atoms. The molecule has 0 spiro atoms. The summed E-state index contributed by atoms with van der Waals surface area (Å²) < 4.78 is 1.85. The minimum atomic E-state index is 0.193. The number of aryl methyl sites for hydroxylation is 1. The number of rotatable bonds is 6. The molecular weight excluding hydrogens is 222 g/mol. The van der Waals surface area contributed by atoms with Crippen LogP contribution in [-0.2, 0) is 7.05 Å². The number of unbranched alkanes of at least 4 members (excludes halogenated alkanes) is 1. The van der Waals surface area contributed by atoms with Gasteiger partial charge in [-0.05, 0) is 24.6 Å². The highest BCUT2D eigenvalue weighted by Gasteiger charge is 2.15. The molecule has 1 atom stereocenters. The third-order valence-corrected chi connectivity index (χ3v) is 3.04. The largest absolute Gasteiger partial charge is 0.305 e. The Hall–Kier alpha value is -1.61. The molecule has 0 aliphatic carbocycles. The van der Waals surface area contributed by atoms with Crippen molar-refractivity contribution in [3.05, 3.63) is 53.9 Å². The lowest BCUT2D eigenvalue weighted by atomic mass is 10.0. The number of benzene rings is 1. The van der Waals surface area contributed by atoms with Gasteiger partial charge >= 0.3 is 0 Å². The number of hydrogen-bond donors (Lipinski definition) is 1. The Balaban J connectivity index is 2.18. The molecule has 0 bridgehead atoms. The van der Waals surface area contributed by atoms with Crippen molar-refractivity contribution in [3.63, 3.8) is 0 Å². The molecule has 1 heterocycles. The average Bonchev–Trinajstić information content (AvgIpc) is 2.82. The zero-order chi connectivity index (χ0) is 12.8. The van der Waals surface area contributed by atoms with Gasteiger partial charge in [0.25, 0.3) is 0 Å². The van der Waals surface area contributed by atoms with Crippen molar-refractivity contribution in [2.45, 2.75) is 25.8 Å². The van der Waals surface area contributed by atoms with E-state index in [4.69, 9.17) is 0 Å². The van der Waals surface area contributed by atoms with E-state index < -0.39 is 0 Å². The Labute approximate surface area is 109 Å². The van der Waals surface area contributed by atoms with Crippen molar-refractivity contribution in [2.24, 2.45) is 7.05 Å². The van der Waals surface area contributed by atoms with Gasteiger partial charge in [0.2, 0.25) is 0 Å². The molecule has 0 saturated carbocycles. The van der Waals surface area contributed by atoms with E-state index in [1.165, 1.54) is 18.4 Å². The van der Waals surface area contributed by atoms with Crippen LogP contribution in [0.1, 0.15) is 37.1 Å². The summed E-state index contributed by atoms with van der Waals surface area (Å²) in [5.74, 6) is 0. The second-order valence-electron chi connectivity index (χ2n) is 4.57. The highest BCUT2D eigenvalue weighted by Crippen LogP contribution is 2.20. The first kappa shape index (κ1) is 12.8. The molecule has 1 N–H and O–H groups in total. The number of nitrogens with zero attached hydrogens (tertiary/aromatic N) is 2. The average molecular weight is 243 g/mol. The van der Waals surface area contributed by atoms with Crippen LogP contribution in [0.15, 0.2) is 42.6 Å². The fraction of sp³-hybridized carbons (Fsp3) is 0.400. The summed E-state index contributed by atoms with van der Waals surface area (Å²) in [6.07, 6.45) is 4.39. The third-order valence-electron chi connectivity index (χ3n) is 3.04. The predicted molar refractivity (Wildman–Crippen MR) is 74.4 cm³/mol. The van der Waals surface area contributed by atoms with Crippen molar-refractivity contribution in [3.8, 4) is 0 Å². The Morgan fingerprint density at radius 1 is 1.22 bits per heavy atom. The number of nitrogens with one attached hydrogen (secondary N) is 1. The maximum absolute atomic E-state index is 4.52. The summed E-state index contributed by atoms with van der Waals surface area (Å²) in [4.78, 5) is 0. The minimum absolute atomic E-state index is 0.193. The SMILES string of the molecule is CCCCNC(c1ccccc1)c1ccn(C)n1. The lowest BCUT2D eigenvalue weighted by molar-refractivity contribution is 0.560. The molecule has 0 fully saturated rings. The zero-order valence-corrected chi connectivity index (χ0v) is 11.1. The number of aromatic nitrogens is 2. The molecule has 1 aromatic carbocycles. The van der Waals surface area contributed by atoms with Gasteiger partial charge in [-0.3, -0.25) is 4.68 Å². The van der Waals surface area contributed by atoms with Gasteiger partial charge < -0.3 is 5.32 Å². The molecule has 1 unspecified atom stereocenters. The maximum atomic E-state index is 4.52. The summed E-state index contributed by atoms with van der Waals surface area (Å²) >= 11 is 0. The molecule has 0 saturated heterocycles. The van der Waals surface area contributed by atoms with Crippen LogP contribution >= 0.6 is 0 Å². The smallest absolute Gasteiger partial charge is 0.0839 e. The summed E-state index contributed by atoms with van der Waals surface area (Å²) in [6, 6.07) is 12.8. The third kappa shape index (κ3) is 3.20. The Morgan fingerprint density at radius 2 is 2.00 bits per heavy atom. The standard InChI is InChI=1S/C15H21N3/c1-3-4-11-16-15(13-8-6-5-7-9-13)14-10-12-18(2)17-14/h5-10,12,15-16H,3-4,11H2,1-2H3. The predicted octanol–water partition coefficient (Wildman–Crippen LogP) is 2.90. The van der Waals surface area contributed by atoms with E-state index in [-0.39, 0.29) is 6.04 Å². The molecular formula is C15H21N3. The molecule has 2 rings (SSSR count). The zero-order valence-electron chi connectivity index (χ0n) is 11.1. The summed E-state index contributed by atoms with van der Waals surface area (Å²) in [6.45, 7) is 3.23. The molecule has 0 amide bonds. The van der Waals surface area contributed by atoms with Crippen LogP contribution in [0, 0.1) is 0 Å². The molecule has 0 aliphatic heterocycles. The fourth-order valence-corrected chi connectivity index (χ4v) is 2.05. The van der Waals surface area contributed by atoms with Crippen molar-refractivity contribution in [1.29, 1.82) is 0 Å². The lowest BCUT2D eigenvalue weighted by Gasteiger charge is -2.17. The van der Waals surface area contributed by atoms with E-state index in [1.807, 2.05) is 24.0 Å². The molecule has 1 aromatic heterocycles. The monoisotopic (exact) mass is 243 g/mol. The van der Waals surface area contributed by atoms with Crippen LogP contribution in [0.2, 0.25) is 0 Å².